The summed E-state index contributed by atoms with van der Waals surface area (Å²) in [6.45, 7) is 6.41. The molecule has 1 heterocycles. The molecular weight excluding hydrogens is 376 g/mol. The molecule has 2 aromatic rings. The molecule has 1 N–H and O–H groups in total. The van der Waals surface area contributed by atoms with Crippen molar-refractivity contribution in [3.63, 3.8) is 0 Å². The number of hydrogen-bond acceptors (Lipinski definition) is 3. The largest absolute Gasteiger partial charge is 0.480 e. The van der Waals surface area contributed by atoms with Crippen LogP contribution in [-0.2, 0) is 22.7 Å². The molecule has 0 radical (unpaired) electrons. The lowest BCUT2D eigenvalue weighted by molar-refractivity contribution is -0.139. The third-order valence-corrected chi connectivity index (χ3v) is 5.13. The van der Waals surface area contributed by atoms with Crippen LogP contribution in [-0.4, -0.2) is 22.8 Å². The summed E-state index contributed by atoms with van der Waals surface area (Å²) in [5, 5.41) is 3.53. The van der Waals surface area contributed by atoms with Crippen LogP contribution in [0.4, 0.5) is 5.69 Å². The molecule has 1 aliphatic rings. The molecule has 1 unspecified atom stereocenters. The Kier molecular flexibility index (Phi) is 6.25. The van der Waals surface area contributed by atoms with Crippen LogP contribution in [0.3, 0.4) is 0 Å². The second-order valence-electron chi connectivity index (χ2n) is 7.27. The van der Waals surface area contributed by atoms with Crippen LogP contribution in [0.25, 0.3) is 0 Å². The fourth-order valence-electron chi connectivity index (χ4n) is 3.10. The lowest BCUT2D eigenvalue weighted by atomic mass is 10.1. The zero-order valence-corrected chi connectivity index (χ0v) is 17.1. The average molecular weight is 401 g/mol. The second-order valence-corrected chi connectivity index (χ2v) is 7.67. The van der Waals surface area contributed by atoms with Crippen LogP contribution in [0.5, 0.6) is 5.75 Å². The molecule has 0 spiro atoms. The van der Waals surface area contributed by atoms with Crippen molar-refractivity contribution in [2.24, 2.45) is 5.92 Å². The van der Waals surface area contributed by atoms with Crippen LogP contribution in [0.2, 0.25) is 5.02 Å². The van der Waals surface area contributed by atoms with Crippen molar-refractivity contribution in [1.29, 1.82) is 0 Å². The standard InChI is InChI=1S/C22H25ClN2O3/c1-4-19-22(27)25(12-15-7-5-6-8-18(15)23)13-16-11-17(9-10-20(16)28-19)24-21(26)14(2)3/h5-11,14,19H,4,12-13H2,1-3H3,(H,24,26). The van der Waals surface area contributed by atoms with E-state index in [0.717, 1.165) is 11.1 Å². The van der Waals surface area contributed by atoms with Crippen molar-refractivity contribution in [3.05, 3.63) is 58.6 Å². The SMILES string of the molecule is CCC1Oc2ccc(NC(=O)C(C)C)cc2CN(Cc2ccccc2Cl)C1=O. The van der Waals surface area contributed by atoms with E-state index in [4.69, 9.17) is 16.3 Å². The van der Waals surface area contributed by atoms with Gasteiger partial charge in [0.15, 0.2) is 6.10 Å². The zero-order chi connectivity index (χ0) is 20.3. The number of carbonyl (C=O) groups is 2. The Balaban J connectivity index is 1.90. The Morgan fingerprint density at radius 2 is 2.04 bits per heavy atom. The summed E-state index contributed by atoms with van der Waals surface area (Å²) in [5.41, 5.74) is 2.44. The first-order chi connectivity index (χ1) is 13.4. The van der Waals surface area contributed by atoms with Gasteiger partial charge in [0, 0.05) is 35.3 Å². The first kappa shape index (κ1) is 20.2. The second kappa shape index (κ2) is 8.65. The van der Waals surface area contributed by atoms with Gasteiger partial charge in [-0.2, -0.15) is 0 Å². The minimum absolute atomic E-state index is 0.0510. The van der Waals surface area contributed by atoms with Crippen molar-refractivity contribution in [3.8, 4) is 5.75 Å². The Morgan fingerprint density at radius 3 is 2.71 bits per heavy atom. The zero-order valence-electron chi connectivity index (χ0n) is 16.4. The number of nitrogens with zero attached hydrogens (tertiary/aromatic N) is 1. The highest BCUT2D eigenvalue weighted by Crippen LogP contribution is 2.31. The summed E-state index contributed by atoms with van der Waals surface area (Å²) in [6.07, 6.45) is 0.0307. The van der Waals surface area contributed by atoms with Gasteiger partial charge < -0.3 is 15.0 Å². The number of carbonyl (C=O) groups excluding carboxylic acids is 2. The van der Waals surface area contributed by atoms with Gasteiger partial charge in [0.25, 0.3) is 5.91 Å². The van der Waals surface area contributed by atoms with Gasteiger partial charge in [0.2, 0.25) is 5.91 Å². The van der Waals surface area contributed by atoms with Crippen molar-refractivity contribution in [2.75, 3.05) is 5.32 Å². The molecule has 3 rings (SSSR count). The van der Waals surface area contributed by atoms with Gasteiger partial charge in [-0.05, 0) is 36.2 Å². The predicted molar refractivity (Wildman–Crippen MR) is 110 cm³/mol. The Labute approximate surface area is 170 Å². The topological polar surface area (TPSA) is 58.6 Å². The van der Waals surface area contributed by atoms with Crippen LogP contribution in [0.15, 0.2) is 42.5 Å². The van der Waals surface area contributed by atoms with Gasteiger partial charge in [-0.15, -0.1) is 0 Å². The number of rotatable bonds is 5. The molecule has 28 heavy (non-hydrogen) atoms. The number of hydrogen-bond donors (Lipinski definition) is 1. The number of halogens is 1. The van der Waals surface area contributed by atoms with Gasteiger partial charge in [-0.25, -0.2) is 0 Å². The van der Waals surface area contributed by atoms with Gasteiger partial charge in [-0.1, -0.05) is 50.6 Å². The van der Waals surface area contributed by atoms with Crippen molar-refractivity contribution in [1.82, 2.24) is 4.90 Å². The third-order valence-electron chi connectivity index (χ3n) is 4.76. The molecule has 0 saturated carbocycles. The van der Waals surface area contributed by atoms with E-state index in [1.54, 1.807) is 11.0 Å². The van der Waals surface area contributed by atoms with Gasteiger partial charge in [0.05, 0.1) is 0 Å². The molecule has 0 saturated heterocycles. The molecule has 5 nitrogen and oxygen atoms in total. The highest BCUT2D eigenvalue weighted by molar-refractivity contribution is 6.31. The maximum atomic E-state index is 13.0. The lowest BCUT2D eigenvalue weighted by Crippen LogP contribution is -2.38. The van der Waals surface area contributed by atoms with Gasteiger partial charge >= 0.3 is 0 Å². The molecule has 0 aliphatic carbocycles. The smallest absolute Gasteiger partial charge is 0.264 e. The van der Waals surface area contributed by atoms with Gasteiger partial charge in [0.1, 0.15) is 5.75 Å². The van der Waals surface area contributed by atoms with E-state index in [-0.39, 0.29) is 17.7 Å². The van der Waals surface area contributed by atoms with E-state index >= 15 is 0 Å². The van der Waals surface area contributed by atoms with Crippen LogP contribution in [0, 0.1) is 5.92 Å². The van der Waals surface area contributed by atoms with Crippen LogP contribution >= 0.6 is 11.6 Å². The number of fused-ring (bicyclic) bond motifs is 1. The normalized spacial score (nSPS) is 16.4. The molecule has 6 heteroatoms. The minimum Gasteiger partial charge on any atom is -0.480 e. The Bertz CT molecular complexity index is 882. The minimum atomic E-state index is -0.542. The van der Waals surface area contributed by atoms with E-state index in [9.17, 15) is 9.59 Å². The molecule has 0 bridgehead atoms. The molecule has 148 valence electrons. The van der Waals surface area contributed by atoms with E-state index in [1.807, 2.05) is 57.2 Å². The summed E-state index contributed by atoms with van der Waals surface area (Å²) in [6, 6.07) is 13.0. The van der Waals surface area contributed by atoms with Gasteiger partial charge in [-0.3, -0.25) is 9.59 Å². The average Bonchev–Trinajstić information content (AvgIpc) is 2.80. The van der Waals surface area contributed by atoms with Crippen LogP contribution < -0.4 is 10.1 Å². The van der Waals surface area contributed by atoms with E-state index in [1.165, 1.54) is 0 Å². The molecule has 1 aliphatic heterocycles. The number of amides is 2. The summed E-state index contributed by atoms with van der Waals surface area (Å²) >= 11 is 6.30. The molecule has 0 aromatic heterocycles. The molecule has 0 fully saturated rings. The summed E-state index contributed by atoms with van der Waals surface area (Å²) in [4.78, 5) is 26.8. The van der Waals surface area contributed by atoms with E-state index in [0.29, 0.717) is 36.0 Å². The van der Waals surface area contributed by atoms with Crippen molar-refractivity contribution < 1.29 is 14.3 Å². The molecule has 1 atom stereocenters. The fourth-order valence-corrected chi connectivity index (χ4v) is 3.29. The Hall–Kier alpha value is -2.53. The number of anilines is 1. The number of nitrogens with one attached hydrogen (secondary N) is 1. The van der Waals surface area contributed by atoms with E-state index in [2.05, 4.69) is 5.32 Å². The number of benzene rings is 2. The summed E-state index contributed by atoms with van der Waals surface area (Å²) < 4.78 is 5.99. The summed E-state index contributed by atoms with van der Waals surface area (Å²) in [7, 11) is 0. The Morgan fingerprint density at radius 1 is 1.29 bits per heavy atom. The molecule has 2 amide bonds. The number of ether oxygens (including phenoxy) is 1. The predicted octanol–water partition coefficient (Wildman–Crippen LogP) is 4.63. The quantitative estimate of drug-likeness (QED) is 0.795. The van der Waals surface area contributed by atoms with E-state index < -0.39 is 6.10 Å². The van der Waals surface area contributed by atoms with Crippen molar-refractivity contribution in [2.45, 2.75) is 46.4 Å². The monoisotopic (exact) mass is 400 g/mol. The highest BCUT2D eigenvalue weighted by Gasteiger charge is 2.30. The third kappa shape index (κ3) is 4.47. The maximum absolute atomic E-state index is 13.0. The fraction of sp³-hybridized carbons (Fsp3) is 0.364. The first-order valence-corrected chi connectivity index (χ1v) is 9.89. The van der Waals surface area contributed by atoms with Crippen LogP contribution in [0.1, 0.15) is 38.3 Å². The first-order valence-electron chi connectivity index (χ1n) is 9.51. The lowest BCUT2D eigenvalue weighted by Gasteiger charge is -2.23. The molecular formula is C22H25ClN2O3. The molecule has 2 aromatic carbocycles. The van der Waals surface area contributed by atoms with Crippen molar-refractivity contribution >= 4 is 29.1 Å². The highest BCUT2D eigenvalue weighted by atomic mass is 35.5. The summed E-state index contributed by atoms with van der Waals surface area (Å²) in [5.74, 6) is 0.443. The maximum Gasteiger partial charge on any atom is 0.264 e.